The topological polar surface area (TPSA) is 111 Å². The van der Waals surface area contributed by atoms with Crippen molar-refractivity contribution in [3.05, 3.63) is 41.3 Å². The van der Waals surface area contributed by atoms with Gasteiger partial charge in [0, 0.05) is 13.1 Å². The summed E-state index contributed by atoms with van der Waals surface area (Å²) in [5.41, 5.74) is 0.285. The molecule has 1 aromatic carbocycles. The van der Waals surface area contributed by atoms with Crippen molar-refractivity contribution in [3.8, 4) is 5.75 Å². The van der Waals surface area contributed by atoms with Crippen molar-refractivity contribution in [1.82, 2.24) is 4.31 Å². The Bertz CT molecular complexity index is 981. The number of morpholine rings is 1. The van der Waals surface area contributed by atoms with Crippen LogP contribution < -0.4 is 10.1 Å². The number of ether oxygens (including phenoxy) is 3. The number of anilines is 1. The number of benzene rings is 1. The summed E-state index contributed by atoms with van der Waals surface area (Å²) in [4.78, 5) is 24.2. The van der Waals surface area contributed by atoms with Gasteiger partial charge >= 0.3 is 5.97 Å². The summed E-state index contributed by atoms with van der Waals surface area (Å²) >= 11 is 1.20. The average molecular weight is 455 g/mol. The van der Waals surface area contributed by atoms with Gasteiger partial charge in [0.2, 0.25) is 10.0 Å². The lowest BCUT2D eigenvalue weighted by Gasteiger charge is -2.26. The molecule has 0 unspecified atom stereocenters. The lowest BCUT2D eigenvalue weighted by molar-refractivity contribution is -0.118. The van der Waals surface area contributed by atoms with Gasteiger partial charge in [-0.3, -0.25) is 4.79 Å². The third kappa shape index (κ3) is 5.36. The molecule has 0 aliphatic carbocycles. The summed E-state index contributed by atoms with van der Waals surface area (Å²) in [5.74, 6) is -0.608. The second kappa shape index (κ2) is 10.0. The van der Waals surface area contributed by atoms with Gasteiger partial charge in [-0.15, -0.1) is 11.3 Å². The van der Waals surface area contributed by atoms with E-state index < -0.39 is 21.9 Å². The molecular formula is C19H22N2O7S2. The van der Waals surface area contributed by atoms with E-state index in [4.69, 9.17) is 14.2 Å². The quantitative estimate of drug-likeness (QED) is 0.607. The van der Waals surface area contributed by atoms with Crippen LogP contribution in [0.2, 0.25) is 0 Å². The molecule has 3 rings (SSSR count). The number of thiophene rings is 1. The number of amides is 1. The van der Waals surface area contributed by atoms with Crippen LogP contribution in [0.3, 0.4) is 0 Å². The van der Waals surface area contributed by atoms with Crippen LogP contribution in [0, 0.1) is 0 Å². The van der Waals surface area contributed by atoms with Crippen molar-refractivity contribution < 1.29 is 32.2 Å². The number of nitrogens with zero attached hydrogens (tertiary/aromatic N) is 1. The van der Waals surface area contributed by atoms with Crippen LogP contribution >= 0.6 is 11.3 Å². The van der Waals surface area contributed by atoms with Crippen molar-refractivity contribution in [2.75, 3.05) is 44.8 Å². The molecule has 30 heavy (non-hydrogen) atoms. The number of esters is 1. The van der Waals surface area contributed by atoms with E-state index in [1.165, 1.54) is 39.9 Å². The zero-order valence-electron chi connectivity index (χ0n) is 16.3. The van der Waals surface area contributed by atoms with Gasteiger partial charge in [0.1, 0.15) is 10.8 Å². The molecule has 0 atom stereocenters. The summed E-state index contributed by atoms with van der Waals surface area (Å²) < 4.78 is 42.1. The predicted octanol–water partition coefficient (Wildman–Crippen LogP) is 1.96. The molecule has 0 radical (unpaired) electrons. The number of rotatable bonds is 8. The Hall–Kier alpha value is -2.47. The van der Waals surface area contributed by atoms with E-state index in [0.29, 0.717) is 37.1 Å². The minimum absolute atomic E-state index is 0.152. The lowest BCUT2D eigenvalue weighted by Crippen LogP contribution is -2.40. The van der Waals surface area contributed by atoms with Gasteiger partial charge in [-0.1, -0.05) is 0 Å². The fourth-order valence-corrected chi connectivity index (χ4v) is 4.93. The minimum atomic E-state index is -3.59. The molecule has 2 aromatic rings. The predicted molar refractivity (Wildman–Crippen MR) is 110 cm³/mol. The highest BCUT2D eigenvalue weighted by atomic mass is 32.2. The second-order valence-electron chi connectivity index (χ2n) is 6.21. The highest BCUT2D eigenvalue weighted by Gasteiger charge is 2.26. The van der Waals surface area contributed by atoms with Gasteiger partial charge in [-0.2, -0.15) is 4.31 Å². The van der Waals surface area contributed by atoms with Crippen molar-refractivity contribution in [2.24, 2.45) is 0 Å². The third-order valence-electron chi connectivity index (χ3n) is 4.22. The monoisotopic (exact) mass is 454 g/mol. The Morgan fingerprint density at radius 3 is 2.53 bits per heavy atom. The van der Waals surface area contributed by atoms with E-state index in [2.05, 4.69) is 5.32 Å². The Morgan fingerprint density at radius 1 is 1.17 bits per heavy atom. The van der Waals surface area contributed by atoms with Crippen LogP contribution in [0.4, 0.5) is 5.00 Å². The number of nitrogens with one attached hydrogen (secondary N) is 1. The zero-order valence-corrected chi connectivity index (χ0v) is 18.0. The molecule has 1 aliphatic heterocycles. The standard InChI is InChI=1S/C19H22N2O7S2/c1-2-27-19(23)16-7-12-29-18(16)20-17(22)13-28-14-3-5-15(6-4-14)30(24,25)21-8-10-26-11-9-21/h3-7,12H,2,8-11,13H2,1H3,(H,20,22). The Labute approximate surface area is 178 Å². The molecule has 162 valence electrons. The maximum atomic E-state index is 12.6. The average Bonchev–Trinajstić information content (AvgIpc) is 3.21. The normalized spacial score (nSPS) is 14.8. The maximum absolute atomic E-state index is 12.6. The van der Waals surface area contributed by atoms with Crippen molar-refractivity contribution in [1.29, 1.82) is 0 Å². The largest absolute Gasteiger partial charge is 0.484 e. The number of carbonyl (C=O) groups excluding carboxylic acids is 2. The van der Waals surface area contributed by atoms with Crippen LogP contribution in [0.5, 0.6) is 5.75 Å². The second-order valence-corrected chi connectivity index (χ2v) is 9.06. The van der Waals surface area contributed by atoms with Crippen LogP contribution in [-0.2, 0) is 24.3 Å². The number of hydrogen-bond acceptors (Lipinski definition) is 8. The minimum Gasteiger partial charge on any atom is -0.484 e. The molecule has 0 spiro atoms. The zero-order chi connectivity index (χ0) is 21.6. The first-order valence-electron chi connectivity index (χ1n) is 9.27. The van der Waals surface area contributed by atoms with Crippen LogP contribution in [0.25, 0.3) is 0 Å². The Kier molecular flexibility index (Phi) is 7.43. The van der Waals surface area contributed by atoms with E-state index in [9.17, 15) is 18.0 Å². The number of hydrogen-bond donors (Lipinski definition) is 1. The molecule has 1 aromatic heterocycles. The molecule has 9 nitrogen and oxygen atoms in total. The molecule has 1 fully saturated rings. The van der Waals surface area contributed by atoms with Crippen LogP contribution in [0.1, 0.15) is 17.3 Å². The van der Waals surface area contributed by atoms with E-state index in [0.717, 1.165) is 0 Å². The van der Waals surface area contributed by atoms with Gasteiger partial charge in [0.05, 0.1) is 30.3 Å². The molecule has 11 heteroatoms. The van der Waals surface area contributed by atoms with Crippen LogP contribution in [-0.4, -0.2) is 64.1 Å². The lowest BCUT2D eigenvalue weighted by atomic mass is 10.3. The Morgan fingerprint density at radius 2 is 1.87 bits per heavy atom. The molecule has 1 saturated heterocycles. The maximum Gasteiger partial charge on any atom is 0.341 e. The molecule has 1 amide bonds. The molecule has 1 aliphatic rings. The highest BCUT2D eigenvalue weighted by Crippen LogP contribution is 2.24. The summed E-state index contributed by atoms with van der Waals surface area (Å²) in [5, 5.41) is 4.68. The summed E-state index contributed by atoms with van der Waals surface area (Å²) in [6, 6.07) is 7.45. The van der Waals surface area contributed by atoms with Gasteiger partial charge in [-0.05, 0) is 42.6 Å². The molecular weight excluding hydrogens is 432 g/mol. The van der Waals surface area contributed by atoms with Crippen LogP contribution in [0.15, 0.2) is 40.6 Å². The van der Waals surface area contributed by atoms with E-state index >= 15 is 0 Å². The van der Waals surface area contributed by atoms with Crippen molar-refractivity contribution >= 4 is 38.2 Å². The first kappa shape index (κ1) is 22.2. The molecule has 0 saturated carbocycles. The van der Waals surface area contributed by atoms with Crippen molar-refractivity contribution in [3.63, 3.8) is 0 Å². The summed E-state index contributed by atoms with van der Waals surface area (Å²) in [6.07, 6.45) is 0. The molecule has 0 bridgehead atoms. The third-order valence-corrected chi connectivity index (χ3v) is 6.96. The smallest absolute Gasteiger partial charge is 0.341 e. The number of sulfonamides is 1. The molecule has 2 heterocycles. The fraction of sp³-hybridized carbons (Fsp3) is 0.368. The highest BCUT2D eigenvalue weighted by molar-refractivity contribution is 7.89. The van der Waals surface area contributed by atoms with Gasteiger partial charge in [-0.25, -0.2) is 13.2 Å². The number of carbonyl (C=O) groups is 2. The first-order valence-corrected chi connectivity index (χ1v) is 11.6. The SMILES string of the molecule is CCOC(=O)c1ccsc1NC(=O)COc1ccc(S(=O)(=O)N2CCOCC2)cc1. The van der Waals surface area contributed by atoms with E-state index in [-0.39, 0.29) is 23.7 Å². The van der Waals surface area contributed by atoms with E-state index in [1.807, 2.05) is 0 Å². The molecule has 1 N–H and O–H groups in total. The van der Waals surface area contributed by atoms with Gasteiger partial charge < -0.3 is 19.5 Å². The van der Waals surface area contributed by atoms with Crippen molar-refractivity contribution in [2.45, 2.75) is 11.8 Å². The van der Waals surface area contributed by atoms with E-state index in [1.54, 1.807) is 18.4 Å². The first-order chi connectivity index (χ1) is 14.4. The van der Waals surface area contributed by atoms with Gasteiger partial charge in [0.15, 0.2) is 6.61 Å². The Balaban J connectivity index is 1.56. The fourth-order valence-electron chi connectivity index (χ4n) is 2.73. The summed E-state index contributed by atoms with van der Waals surface area (Å²) in [7, 11) is -3.59. The van der Waals surface area contributed by atoms with Gasteiger partial charge in [0.25, 0.3) is 5.91 Å². The summed E-state index contributed by atoms with van der Waals surface area (Å²) in [6.45, 7) is 3.02.